The summed E-state index contributed by atoms with van der Waals surface area (Å²) in [6.07, 6.45) is 1.60. The minimum atomic E-state index is -3.33. The van der Waals surface area contributed by atoms with E-state index in [2.05, 4.69) is 6.07 Å². The molecule has 0 saturated carbocycles. The van der Waals surface area contributed by atoms with Crippen LogP contribution in [0.2, 0.25) is 0 Å². The van der Waals surface area contributed by atoms with E-state index in [1.165, 1.54) is 12.1 Å². The Kier molecular flexibility index (Phi) is 4.28. The van der Waals surface area contributed by atoms with Gasteiger partial charge < -0.3 is 9.15 Å². The number of sulfone groups is 1. The van der Waals surface area contributed by atoms with E-state index in [0.29, 0.717) is 45.8 Å². The number of cyclic esters (lactones) is 1. The molecule has 0 unspecified atom stereocenters. The van der Waals surface area contributed by atoms with Crippen LogP contribution in [-0.4, -0.2) is 27.2 Å². The first-order chi connectivity index (χ1) is 13.4. The maximum absolute atomic E-state index is 12.4. The lowest BCUT2D eigenvalue weighted by atomic mass is 9.95. The number of hydrogen-bond acceptors (Lipinski definition) is 6. The predicted octanol–water partition coefficient (Wildman–Crippen LogP) is 3.60. The molecule has 4 rings (SSSR count). The Bertz CT molecular complexity index is 1210. The summed E-state index contributed by atoms with van der Waals surface area (Å²) in [5.74, 6) is 0.560. The van der Waals surface area contributed by atoms with Gasteiger partial charge in [-0.3, -0.25) is 0 Å². The van der Waals surface area contributed by atoms with Crippen LogP contribution in [0.5, 0.6) is 0 Å². The number of ether oxygens (including phenoxy) is 1. The van der Waals surface area contributed by atoms with Gasteiger partial charge in [0, 0.05) is 23.8 Å². The van der Waals surface area contributed by atoms with Crippen molar-refractivity contribution in [1.82, 2.24) is 0 Å². The van der Waals surface area contributed by atoms with Crippen LogP contribution in [0.4, 0.5) is 0 Å². The van der Waals surface area contributed by atoms with Gasteiger partial charge in [0.05, 0.1) is 23.1 Å². The molecule has 28 heavy (non-hydrogen) atoms. The molecule has 7 heteroatoms. The Balaban J connectivity index is 1.93. The molecule has 0 amide bonds. The van der Waals surface area contributed by atoms with Crippen LogP contribution in [0.1, 0.15) is 21.7 Å². The van der Waals surface area contributed by atoms with Crippen molar-refractivity contribution in [3.8, 4) is 28.5 Å². The number of nitriles is 1. The Hall–Kier alpha value is -3.37. The van der Waals surface area contributed by atoms with Gasteiger partial charge in [0.25, 0.3) is 0 Å². The standard InChI is InChI=1S/C21H15NO5S/c1-28(24,25)16-8-6-14(7-9-16)18-19-17(10-11-26-21(19)23)27-20(18)15-4-2-13(12-22)3-5-15/h2-9H,10-11H2,1H3. The van der Waals surface area contributed by atoms with Gasteiger partial charge >= 0.3 is 5.97 Å². The molecule has 0 spiro atoms. The first-order valence-corrected chi connectivity index (χ1v) is 10.4. The Morgan fingerprint density at radius 2 is 1.61 bits per heavy atom. The number of furan rings is 1. The molecule has 1 aromatic heterocycles. The van der Waals surface area contributed by atoms with Gasteiger partial charge in [-0.05, 0) is 42.0 Å². The first kappa shape index (κ1) is 18.0. The van der Waals surface area contributed by atoms with Gasteiger partial charge in [0.1, 0.15) is 17.1 Å². The maximum atomic E-state index is 12.4. The predicted molar refractivity (Wildman–Crippen MR) is 101 cm³/mol. The molecule has 0 N–H and O–H groups in total. The number of carbonyl (C=O) groups is 1. The summed E-state index contributed by atoms with van der Waals surface area (Å²) in [7, 11) is -3.33. The number of rotatable bonds is 3. The number of benzene rings is 2. The number of esters is 1. The second-order valence-corrected chi connectivity index (χ2v) is 8.49. The Morgan fingerprint density at radius 3 is 2.21 bits per heavy atom. The second-order valence-electron chi connectivity index (χ2n) is 6.48. The zero-order chi connectivity index (χ0) is 19.9. The Labute approximate surface area is 161 Å². The molecule has 140 valence electrons. The van der Waals surface area contributed by atoms with Crippen LogP contribution in [0.15, 0.2) is 57.8 Å². The first-order valence-electron chi connectivity index (χ1n) is 8.52. The van der Waals surface area contributed by atoms with Crippen LogP contribution < -0.4 is 0 Å². The van der Waals surface area contributed by atoms with Crippen LogP contribution in [-0.2, 0) is 21.0 Å². The molecule has 0 aliphatic carbocycles. The number of fused-ring (bicyclic) bond motifs is 1. The number of carbonyl (C=O) groups excluding carboxylic acids is 1. The summed E-state index contributed by atoms with van der Waals surface area (Å²) < 4.78 is 34.7. The molecule has 0 fully saturated rings. The van der Waals surface area contributed by atoms with Crippen molar-refractivity contribution in [3.63, 3.8) is 0 Å². The van der Waals surface area contributed by atoms with Gasteiger partial charge in [-0.15, -0.1) is 0 Å². The summed E-state index contributed by atoms with van der Waals surface area (Å²) in [5.41, 5.74) is 2.79. The van der Waals surface area contributed by atoms with Gasteiger partial charge in [0.15, 0.2) is 9.84 Å². The highest BCUT2D eigenvalue weighted by molar-refractivity contribution is 7.90. The van der Waals surface area contributed by atoms with Crippen molar-refractivity contribution in [2.75, 3.05) is 12.9 Å². The minimum absolute atomic E-state index is 0.191. The lowest BCUT2D eigenvalue weighted by Gasteiger charge is -2.12. The molecule has 0 radical (unpaired) electrons. The van der Waals surface area contributed by atoms with Crippen LogP contribution in [0.3, 0.4) is 0 Å². The topological polar surface area (TPSA) is 97.4 Å². The highest BCUT2D eigenvalue weighted by atomic mass is 32.2. The summed E-state index contributed by atoms with van der Waals surface area (Å²) in [4.78, 5) is 12.6. The number of nitrogens with zero attached hydrogens (tertiary/aromatic N) is 1. The van der Waals surface area contributed by atoms with E-state index in [9.17, 15) is 13.2 Å². The average Bonchev–Trinajstić information content (AvgIpc) is 3.08. The molecular formula is C21H15NO5S. The van der Waals surface area contributed by atoms with E-state index in [0.717, 1.165) is 6.26 Å². The van der Waals surface area contributed by atoms with Crippen molar-refractivity contribution in [2.24, 2.45) is 0 Å². The Morgan fingerprint density at radius 1 is 0.964 bits per heavy atom. The van der Waals surface area contributed by atoms with E-state index in [4.69, 9.17) is 14.4 Å². The maximum Gasteiger partial charge on any atom is 0.342 e. The van der Waals surface area contributed by atoms with Crippen molar-refractivity contribution in [3.05, 3.63) is 65.4 Å². The zero-order valence-corrected chi connectivity index (χ0v) is 15.7. The summed E-state index contributed by atoms with van der Waals surface area (Å²) >= 11 is 0. The van der Waals surface area contributed by atoms with Gasteiger partial charge in [-0.2, -0.15) is 5.26 Å². The highest BCUT2D eigenvalue weighted by Crippen LogP contribution is 2.41. The zero-order valence-electron chi connectivity index (χ0n) is 14.9. The molecule has 0 atom stereocenters. The smallest absolute Gasteiger partial charge is 0.342 e. The molecule has 1 aliphatic rings. The minimum Gasteiger partial charge on any atom is -0.462 e. The molecule has 0 saturated heterocycles. The largest absolute Gasteiger partial charge is 0.462 e. The van der Waals surface area contributed by atoms with Crippen molar-refractivity contribution >= 4 is 15.8 Å². The molecule has 0 bridgehead atoms. The lowest BCUT2D eigenvalue weighted by molar-refractivity contribution is 0.0470. The molecule has 6 nitrogen and oxygen atoms in total. The number of hydrogen-bond donors (Lipinski definition) is 0. The van der Waals surface area contributed by atoms with E-state index in [-0.39, 0.29) is 11.5 Å². The van der Waals surface area contributed by atoms with E-state index in [1.807, 2.05) is 0 Å². The average molecular weight is 393 g/mol. The normalized spacial score (nSPS) is 13.5. The van der Waals surface area contributed by atoms with Gasteiger partial charge in [-0.1, -0.05) is 12.1 Å². The van der Waals surface area contributed by atoms with Crippen molar-refractivity contribution in [2.45, 2.75) is 11.3 Å². The third kappa shape index (κ3) is 3.08. The molecule has 2 aromatic carbocycles. The van der Waals surface area contributed by atoms with E-state index in [1.54, 1.807) is 36.4 Å². The van der Waals surface area contributed by atoms with E-state index >= 15 is 0 Å². The molecule has 1 aliphatic heterocycles. The second kappa shape index (κ2) is 6.66. The summed E-state index contributed by atoms with van der Waals surface area (Å²) in [6, 6.07) is 15.2. The fraction of sp³-hybridized carbons (Fsp3) is 0.143. The third-order valence-electron chi connectivity index (χ3n) is 4.59. The van der Waals surface area contributed by atoms with Gasteiger partial charge in [-0.25, -0.2) is 13.2 Å². The SMILES string of the molecule is CS(=O)(=O)c1ccc(-c2c(-c3ccc(C#N)cc3)oc3c2C(=O)OCC3)cc1. The van der Waals surface area contributed by atoms with Gasteiger partial charge in [0.2, 0.25) is 0 Å². The van der Waals surface area contributed by atoms with Crippen LogP contribution >= 0.6 is 0 Å². The monoisotopic (exact) mass is 393 g/mol. The van der Waals surface area contributed by atoms with Crippen molar-refractivity contribution < 1.29 is 22.4 Å². The lowest BCUT2D eigenvalue weighted by Crippen LogP contribution is -2.16. The molecule has 3 aromatic rings. The molecular weight excluding hydrogens is 378 g/mol. The van der Waals surface area contributed by atoms with Crippen LogP contribution in [0.25, 0.3) is 22.5 Å². The highest BCUT2D eigenvalue weighted by Gasteiger charge is 2.31. The molecule has 2 heterocycles. The summed E-state index contributed by atoms with van der Waals surface area (Å²) in [5, 5.41) is 9.01. The fourth-order valence-electron chi connectivity index (χ4n) is 3.22. The van der Waals surface area contributed by atoms with Crippen LogP contribution in [0, 0.1) is 11.3 Å². The van der Waals surface area contributed by atoms with E-state index < -0.39 is 15.8 Å². The fourth-order valence-corrected chi connectivity index (χ4v) is 3.85. The summed E-state index contributed by atoms with van der Waals surface area (Å²) in [6.45, 7) is 0.249. The third-order valence-corrected chi connectivity index (χ3v) is 5.72. The quantitative estimate of drug-likeness (QED) is 0.631. The van der Waals surface area contributed by atoms with Crippen molar-refractivity contribution in [1.29, 1.82) is 5.26 Å².